The van der Waals surface area contributed by atoms with Crippen molar-refractivity contribution in [3.63, 3.8) is 0 Å². The van der Waals surface area contributed by atoms with Crippen molar-refractivity contribution in [1.29, 1.82) is 0 Å². The van der Waals surface area contributed by atoms with Gasteiger partial charge in [0.05, 0.1) is 6.61 Å². The molecule has 144 valence electrons. The summed E-state index contributed by atoms with van der Waals surface area (Å²) in [5, 5.41) is 0. The van der Waals surface area contributed by atoms with E-state index in [1.165, 1.54) is 51.3 Å². The van der Waals surface area contributed by atoms with E-state index in [2.05, 4.69) is 21.9 Å². The second kappa shape index (κ2) is 11.5. The molecule has 0 unspecified atom stereocenters. The van der Waals surface area contributed by atoms with Crippen LogP contribution in [-0.4, -0.2) is 36.5 Å². The van der Waals surface area contributed by atoms with Crippen molar-refractivity contribution >= 4 is 11.9 Å². The third-order valence-electron chi connectivity index (χ3n) is 4.36. The zero-order valence-electron chi connectivity index (χ0n) is 15.7. The number of hydroxylamine groups is 1. The molecular formula is C20H30N2O4. The van der Waals surface area contributed by atoms with Gasteiger partial charge in [-0.2, -0.15) is 5.48 Å². The van der Waals surface area contributed by atoms with E-state index in [1.807, 2.05) is 17.6 Å². The maximum atomic E-state index is 11.4. The fourth-order valence-corrected chi connectivity index (χ4v) is 3.03. The molecule has 6 nitrogen and oxygen atoms in total. The molecule has 1 amide bonds. The molecule has 1 aliphatic heterocycles. The van der Waals surface area contributed by atoms with Gasteiger partial charge in [0.25, 0.3) is 0 Å². The molecule has 0 aromatic heterocycles. The second-order valence-corrected chi connectivity index (χ2v) is 6.78. The number of rotatable bonds is 8. The average Bonchev–Trinajstić information content (AvgIpc) is 2.89. The molecule has 1 fully saturated rings. The number of nitrogens with zero attached hydrogens (tertiary/aromatic N) is 1. The Kier molecular flexibility index (Phi) is 8.96. The Morgan fingerprint density at radius 1 is 1.12 bits per heavy atom. The van der Waals surface area contributed by atoms with Gasteiger partial charge >= 0.3 is 5.97 Å². The van der Waals surface area contributed by atoms with Crippen LogP contribution in [0.15, 0.2) is 24.3 Å². The van der Waals surface area contributed by atoms with Crippen LogP contribution in [0.1, 0.15) is 57.4 Å². The number of nitrogens with one attached hydrogen (secondary N) is 1. The van der Waals surface area contributed by atoms with Crippen LogP contribution in [0, 0.1) is 0 Å². The number of carbonyl (C=O) groups is 2. The van der Waals surface area contributed by atoms with Gasteiger partial charge in [-0.05, 0) is 56.5 Å². The molecule has 1 aromatic rings. The lowest BCUT2D eigenvalue weighted by atomic mass is 10.2. The van der Waals surface area contributed by atoms with Crippen molar-refractivity contribution in [2.45, 2.75) is 58.4 Å². The first kappa shape index (κ1) is 20.2. The van der Waals surface area contributed by atoms with Crippen LogP contribution in [-0.2, 0) is 21.0 Å². The predicted molar refractivity (Wildman–Crippen MR) is 99.4 cm³/mol. The number of likely N-dealkylation sites (tertiary alicyclic amines) is 1. The van der Waals surface area contributed by atoms with Crippen molar-refractivity contribution in [3.05, 3.63) is 29.8 Å². The first-order valence-corrected chi connectivity index (χ1v) is 9.54. The van der Waals surface area contributed by atoms with Crippen LogP contribution < -0.4 is 10.2 Å². The molecule has 1 N–H and O–H groups in total. The van der Waals surface area contributed by atoms with Crippen molar-refractivity contribution in [2.24, 2.45) is 0 Å². The molecule has 0 bridgehead atoms. The smallest absolute Gasteiger partial charge is 0.332 e. The fraction of sp³-hybridized carbons (Fsp3) is 0.600. The third-order valence-corrected chi connectivity index (χ3v) is 4.36. The third kappa shape index (κ3) is 8.34. The summed E-state index contributed by atoms with van der Waals surface area (Å²) in [6.45, 7) is 5.19. The summed E-state index contributed by atoms with van der Waals surface area (Å²) >= 11 is 0. The van der Waals surface area contributed by atoms with Crippen molar-refractivity contribution < 1.29 is 19.2 Å². The molecular weight excluding hydrogens is 332 g/mol. The summed E-state index contributed by atoms with van der Waals surface area (Å²) < 4.78 is 5.80. The minimum absolute atomic E-state index is 0.263. The zero-order chi connectivity index (χ0) is 18.6. The molecule has 6 heteroatoms. The molecule has 1 aliphatic rings. The lowest BCUT2D eigenvalue weighted by Crippen LogP contribution is -2.24. The molecule has 2 rings (SSSR count). The van der Waals surface area contributed by atoms with E-state index in [0.717, 1.165) is 18.7 Å². The van der Waals surface area contributed by atoms with Gasteiger partial charge in [-0.25, -0.2) is 4.79 Å². The van der Waals surface area contributed by atoms with E-state index in [1.54, 1.807) is 0 Å². The Morgan fingerprint density at radius 3 is 2.62 bits per heavy atom. The number of unbranched alkanes of at least 4 members (excludes halogenated alkanes) is 1. The monoisotopic (exact) mass is 362 g/mol. The van der Waals surface area contributed by atoms with Crippen LogP contribution >= 0.6 is 0 Å². The van der Waals surface area contributed by atoms with Crippen LogP contribution in [0.3, 0.4) is 0 Å². The van der Waals surface area contributed by atoms with E-state index in [9.17, 15) is 9.59 Å². The van der Waals surface area contributed by atoms with Gasteiger partial charge in [0.2, 0.25) is 5.91 Å². The molecule has 0 saturated carbocycles. The number of benzene rings is 1. The standard InChI is InChI=1S/C20H30N2O4/c1-17(23)21-26-20(24)11-4-7-14-25-19-10-8-9-18(15-19)16-22-12-5-2-3-6-13-22/h8-10,15H,2-7,11-14,16H2,1H3,(H,21,23). The average molecular weight is 362 g/mol. The number of amides is 1. The van der Waals surface area contributed by atoms with Crippen molar-refractivity contribution in [2.75, 3.05) is 19.7 Å². The highest BCUT2D eigenvalue weighted by atomic mass is 16.7. The molecule has 0 aliphatic carbocycles. The lowest BCUT2D eigenvalue weighted by Gasteiger charge is -2.20. The molecule has 0 radical (unpaired) electrons. The first-order valence-electron chi connectivity index (χ1n) is 9.54. The molecule has 1 heterocycles. The highest BCUT2D eigenvalue weighted by Crippen LogP contribution is 2.18. The van der Waals surface area contributed by atoms with Crippen LogP contribution in [0.25, 0.3) is 0 Å². The Morgan fingerprint density at radius 2 is 1.88 bits per heavy atom. The summed E-state index contributed by atoms with van der Waals surface area (Å²) in [4.78, 5) is 29.1. The summed E-state index contributed by atoms with van der Waals surface area (Å²) in [5.74, 6) is 0.0551. The van der Waals surface area contributed by atoms with Gasteiger partial charge in [-0.3, -0.25) is 9.69 Å². The van der Waals surface area contributed by atoms with E-state index in [4.69, 9.17) is 4.74 Å². The minimum Gasteiger partial charge on any atom is -0.494 e. The predicted octanol–water partition coefficient (Wildman–Crippen LogP) is 3.21. The van der Waals surface area contributed by atoms with E-state index < -0.39 is 5.97 Å². The number of hydrogen-bond donors (Lipinski definition) is 1. The van der Waals surface area contributed by atoms with E-state index in [0.29, 0.717) is 13.0 Å². The van der Waals surface area contributed by atoms with E-state index in [-0.39, 0.29) is 12.3 Å². The normalized spacial score (nSPS) is 15.1. The van der Waals surface area contributed by atoms with Gasteiger partial charge in [-0.15, -0.1) is 0 Å². The number of carbonyl (C=O) groups excluding carboxylic acids is 2. The zero-order valence-corrected chi connectivity index (χ0v) is 15.7. The number of hydrogen-bond acceptors (Lipinski definition) is 5. The first-order chi connectivity index (χ1) is 12.6. The Bertz CT molecular complexity index is 569. The van der Waals surface area contributed by atoms with Crippen LogP contribution in [0.4, 0.5) is 0 Å². The maximum absolute atomic E-state index is 11.4. The molecule has 1 aromatic carbocycles. The van der Waals surface area contributed by atoms with Gasteiger partial charge in [0.15, 0.2) is 0 Å². The van der Waals surface area contributed by atoms with Crippen LogP contribution in [0.2, 0.25) is 0 Å². The Balaban J connectivity index is 1.65. The lowest BCUT2D eigenvalue weighted by molar-refractivity contribution is -0.157. The highest BCUT2D eigenvalue weighted by Gasteiger charge is 2.10. The number of ether oxygens (including phenoxy) is 1. The SMILES string of the molecule is CC(=O)NOC(=O)CCCCOc1cccc(CN2CCCCCC2)c1. The van der Waals surface area contributed by atoms with Crippen molar-refractivity contribution in [3.8, 4) is 5.75 Å². The fourth-order valence-electron chi connectivity index (χ4n) is 3.03. The summed E-state index contributed by atoms with van der Waals surface area (Å²) in [6.07, 6.45) is 6.95. The molecule has 0 spiro atoms. The Labute approximate surface area is 155 Å². The van der Waals surface area contributed by atoms with Gasteiger partial charge in [-0.1, -0.05) is 25.0 Å². The van der Waals surface area contributed by atoms with Crippen LogP contribution in [0.5, 0.6) is 5.75 Å². The highest BCUT2D eigenvalue weighted by molar-refractivity contribution is 5.75. The van der Waals surface area contributed by atoms with Gasteiger partial charge < -0.3 is 9.57 Å². The van der Waals surface area contributed by atoms with Gasteiger partial charge in [0.1, 0.15) is 5.75 Å². The Hall–Kier alpha value is -2.08. The van der Waals surface area contributed by atoms with Crippen molar-refractivity contribution in [1.82, 2.24) is 10.4 Å². The largest absolute Gasteiger partial charge is 0.494 e. The second-order valence-electron chi connectivity index (χ2n) is 6.78. The van der Waals surface area contributed by atoms with E-state index >= 15 is 0 Å². The summed E-state index contributed by atoms with van der Waals surface area (Å²) in [6, 6.07) is 8.26. The summed E-state index contributed by atoms with van der Waals surface area (Å²) in [5.41, 5.74) is 3.31. The summed E-state index contributed by atoms with van der Waals surface area (Å²) in [7, 11) is 0. The minimum atomic E-state index is -0.431. The molecule has 0 atom stereocenters. The van der Waals surface area contributed by atoms with Gasteiger partial charge in [0, 0.05) is 19.9 Å². The topological polar surface area (TPSA) is 67.9 Å². The molecule has 26 heavy (non-hydrogen) atoms. The molecule has 1 saturated heterocycles. The quantitative estimate of drug-likeness (QED) is 0.568. The maximum Gasteiger partial charge on any atom is 0.332 e.